The Morgan fingerprint density at radius 3 is 2.53 bits per heavy atom. The molecule has 2 aromatic heterocycles. The molecule has 5 rings (SSSR count). The van der Waals surface area contributed by atoms with Crippen LogP contribution in [0.4, 0.5) is 29.3 Å². The van der Waals surface area contributed by atoms with Crippen LogP contribution < -0.4 is 10.6 Å². The first-order chi connectivity index (χ1) is 17.4. The Kier molecular flexibility index (Phi) is 5.87. The largest absolute Gasteiger partial charge is 0.323 e. The third kappa shape index (κ3) is 4.49. The van der Waals surface area contributed by atoms with Gasteiger partial charge in [0.25, 0.3) is 0 Å². The molecule has 8 nitrogen and oxygen atoms in total. The number of aromatic nitrogens is 4. The first kappa shape index (κ1) is 22.7. The molecule has 2 N–H and O–H groups in total. The van der Waals surface area contributed by atoms with Crippen LogP contribution in [-0.4, -0.2) is 31.3 Å². The van der Waals surface area contributed by atoms with E-state index in [1.54, 1.807) is 35.6 Å². The molecule has 2 heterocycles. The Hall–Kier alpha value is -5.06. The fourth-order valence-corrected chi connectivity index (χ4v) is 3.48. The summed E-state index contributed by atoms with van der Waals surface area (Å²) in [5, 5.41) is 4.54. The topological polar surface area (TPSA) is 102 Å². The van der Waals surface area contributed by atoms with E-state index in [0.29, 0.717) is 16.9 Å². The lowest BCUT2D eigenvalue weighted by molar-refractivity contribution is 0.103. The van der Waals surface area contributed by atoms with Crippen molar-refractivity contribution in [2.24, 2.45) is 0 Å². The van der Waals surface area contributed by atoms with Gasteiger partial charge in [0.05, 0.1) is 28.5 Å². The molecule has 0 atom stereocenters. The van der Waals surface area contributed by atoms with Crippen molar-refractivity contribution in [1.29, 1.82) is 0 Å². The molecule has 0 radical (unpaired) electrons. The zero-order valence-corrected chi connectivity index (χ0v) is 18.2. The maximum absolute atomic E-state index is 15.2. The van der Waals surface area contributed by atoms with Crippen molar-refractivity contribution in [3.63, 3.8) is 0 Å². The van der Waals surface area contributed by atoms with Crippen LogP contribution in [-0.2, 0) is 0 Å². The highest BCUT2D eigenvalue weighted by atomic mass is 19.2. The number of nitrogens with one attached hydrogen (secondary N) is 2. The second-order valence-corrected chi connectivity index (χ2v) is 7.61. The van der Waals surface area contributed by atoms with Crippen molar-refractivity contribution in [3.8, 4) is 5.82 Å². The second-order valence-electron chi connectivity index (χ2n) is 7.61. The van der Waals surface area contributed by atoms with Gasteiger partial charge in [0, 0.05) is 29.7 Å². The number of nitrogens with zero attached hydrogens (tertiary/aromatic N) is 4. The minimum atomic E-state index is -1.15. The molecule has 36 heavy (non-hydrogen) atoms. The van der Waals surface area contributed by atoms with Crippen LogP contribution in [0.3, 0.4) is 0 Å². The number of hydrogen-bond donors (Lipinski definition) is 2. The highest BCUT2D eigenvalue weighted by molar-refractivity contribution is 6.11. The molecule has 11 heteroatoms. The molecular weight excluding hydrogens is 473 g/mol. The lowest BCUT2D eigenvalue weighted by atomic mass is 10.0. The van der Waals surface area contributed by atoms with Crippen LogP contribution in [0.25, 0.3) is 16.9 Å². The molecule has 3 aromatic carbocycles. The fourth-order valence-electron chi connectivity index (χ4n) is 3.48. The Bertz CT molecular complexity index is 1620. The average molecular weight is 488 g/mol. The van der Waals surface area contributed by atoms with Crippen LogP contribution in [0.2, 0.25) is 0 Å². The van der Waals surface area contributed by atoms with E-state index in [1.165, 1.54) is 30.3 Å². The van der Waals surface area contributed by atoms with Gasteiger partial charge in [-0.05, 0) is 42.5 Å². The minimum Gasteiger partial charge on any atom is -0.308 e. The van der Waals surface area contributed by atoms with E-state index in [-0.39, 0.29) is 22.5 Å². The number of carbonyl (C=O) groups excluding carboxylic acids is 2. The van der Waals surface area contributed by atoms with Gasteiger partial charge in [-0.25, -0.2) is 27.9 Å². The summed E-state index contributed by atoms with van der Waals surface area (Å²) in [5.74, 6) is -3.32. The van der Waals surface area contributed by atoms with Crippen LogP contribution in [0, 0.1) is 17.5 Å². The summed E-state index contributed by atoms with van der Waals surface area (Å²) < 4.78 is 43.3. The lowest BCUT2D eigenvalue weighted by Gasteiger charge is -2.11. The summed E-state index contributed by atoms with van der Waals surface area (Å²) in [4.78, 5) is 38.1. The molecule has 0 aliphatic heterocycles. The molecule has 0 bridgehead atoms. The molecule has 2 amide bonds. The summed E-state index contributed by atoms with van der Waals surface area (Å²) >= 11 is 0. The van der Waals surface area contributed by atoms with Crippen LogP contribution in [0.1, 0.15) is 15.9 Å². The fraction of sp³-hybridized carbons (Fsp3) is 0. The highest BCUT2D eigenvalue weighted by Gasteiger charge is 2.19. The number of halogens is 3. The SMILES string of the molecule is O=C(Nc1ccc(F)c(F)c1)Nc1cccc(C(=O)c2ccc3ncc(-n4ccnc4)nc3c2)c1F. The number of benzene rings is 3. The van der Waals surface area contributed by atoms with Gasteiger partial charge in [-0.15, -0.1) is 0 Å². The number of ketones is 1. The normalized spacial score (nSPS) is 10.9. The van der Waals surface area contributed by atoms with Crippen molar-refractivity contribution < 1.29 is 22.8 Å². The monoisotopic (exact) mass is 488 g/mol. The first-order valence-corrected chi connectivity index (χ1v) is 10.5. The smallest absolute Gasteiger partial charge is 0.308 e. The zero-order chi connectivity index (χ0) is 25.2. The Morgan fingerprint density at radius 1 is 0.889 bits per heavy atom. The van der Waals surface area contributed by atoms with Crippen LogP contribution in [0.15, 0.2) is 79.5 Å². The van der Waals surface area contributed by atoms with E-state index in [4.69, 9.17) is 0 Å². The molecular formula is C25H15F3N6O2. The second kappa shape index (κ2) is 9.29. The van der Waals surface area contributed by atoms with Crippen molar-refractivity contribution >= 4 is 34.2 Å². The summed E-state index contributed by atoms with van der Waals surface area (Å²) in [6.07, 6.45) is 6.41. The number of amides is 2. The number of imidazole rings is 1. The van der Waals surface area contributed by atoms with Gasteiger partial charge < -0.3 is 10.6 Å². The molecule has 0 spiro atoms. The van der Waals surface area contributed by atoms with Crippen molar-refractivity contribution in [2.75, 3.05) is 10.6 Å². The molecule has 178 valence electrons. The summed E-state index contributed by atoms with van der Waals surface area (Å²) in [6, 6.07) is 10.4. The van der Waals surface area contributed by atoms with Crippen LogP contribution >= 0.6 is 0 Å². The van der Waals surface area contributed by atoms with Gasteiger partial charge >= 0.3 is 6.03 Å². The lowest BCUT2D eigenvalue weighted by Crippen LogP contribution is -2.21. The minimum absolute atomic E-state index is 0.0358. The van der Waals surface area contributed by atoms with E-state index in [2.05, 4.69) is 25.6 Å². The van der Waals surface area contributed by atoms with Crippen molar-refractivity contribution in [3.05, 3.63) is 108 Å². The standard InChI is InChI=1S/C25H15F3N6O2/c26-17-6-5-15(11-18(17)27)31-25(36)33-20-3-1-2-16(23(20)28)24(35)14-4-7-19-21(10-14)32-22(12-30-19)34-9-8-29-13-34/h1-13H,(H2,31,33,36). The van der Waals surface area contributed by atoms with Gasteiger partial charge in [-0.2, -0.15) is 0 Å². The number of fused-ring (bicyclic) bond motifs is 1. The Balaban J connectivity index is 1.39. The number of urea groups is 1. The maximum atomic E-state index is 15.2. The molecule has 5 aromatic rings. The van der Waals surface area contributed by atoms with Gasteiger partial charge in [0.1, 0.15) is 6.33 Å². The molecule has 0 saturated carbocycles. The molecule has 0 aliphatic carbocycles. The molecule has 0 fully saturated rings. The first-order valence-electron chi connectivity index (χ1n) is 10.5. The Labute approximate surface area is 201 Å². The van der Waals surface area contributed by atoms with Crippen molar-refractivity contribution in [1.82, 2.24) is 19.5 Å². The van der Waals surface area contributed by atoms with Crippen molar-refractivity contribution in [2.45, 2.75) is 0 Å². The summed E-state index contributed by atoms with van der Waals surface area (Å²) in [7, 11) is 0. The number of anilines is 2. The Morgan fingerprint density at radius 2 is 1.75 bits per heavy atom. The molecule has 0 unspecified atom stereocenters. The maximum Gasteiger partial charge on any atom is 0.323 e. The summed E-state index contributed by atoms with van der Waals surface area (Å²) in [6.45, 7) is 0. The quantitative estimate of drug-likeness (QED) is 0.335. The van der Waals surface area contributed by atoms with E-state index in [0.717, 1.165) is 18.2 Å². The highest BCUT2D eigenvalue weighted by Crippen LogP contribution is 2.23. The van der Waals surface area contributed by atoms with E-state index < -0.39 is 29.3 Å². The van der Waals surface area contributed by atoms with Gasteiger partial charge in [-0.3, -0.25) is 14.3 Å². The predicted octanol–water partition coefficient (Wildman–Crippen LogP) is 5.11. The number of carbonyl (C=O) groups is 2. The zero-order valence-electron chi connectivity index (χ0n) is 18.2. The van der Waals surface area contributed by atoms with Gasteiger partial charge in [0.15, 0.2) is 29.1 Å². The van der Waals surface area contributed by atoms with E-state index in [1.807, 2.05) is 0 Å². The van der Waals surface area contributed by atoms with Gasteiger partial charge in [0.2, 0.25) is 0 Å². The molecule has 0 aliphatic rings. The number of hydrogen-bond acceptors (Lipinski definition) is 5. The van der Waals surface area contributed by atoms with E-state index >= 15 is 4.39 Å². The molecule has 0 saturated heterocycles. The third-order valence-corrected chi connectivity index (χ3v) is 5.23. The average Bonchev–Trinajstić information content (AvgIpc) is 3.42. The number of rotatable bonds is 5. The predicted molar refractivity (Wildman–Crippen MR) is 125 cm³/mol. The third-order valence-electron chi connectivity index (χ3n) is 5.23. The van der Waals surface area contributed by atoms with Gasteiger partial charge in [-0.1, -0.05) is 6.07 Å². The van der Waals surface area contributed by atoms with E-state index in [9.17, 15) is 18.4 Å². The summed E-state index contributed by atoms with van der Waals surface area (Å²) in [5.41, 5.74) is 0.545. The van der Waals surface area contributed by atoms with Crippen LogP contribution in [0.5, 0.6) is 0 Å².